The van der Waals surface area contributed by atoms with Gasteiger partial charge in [-0.05, 0) is 13.3 Å². The van der Waals surface area contributed by atoms with E-state index in [4.69, 9.17) is 29.4 Å². The minimum Gasteiger partial charge on any atom is -0.489 e. The van der Waals surface area contributed by atoms with Crippen molar-refractivity contribution in [2.24, 2.45) is 11.7 Å². The molecule has 1 aliphatic carbocycles. The second-order valence-electron chi connectivity index (χ2n) is 8.54. The fraction of sp³-hybridized carbons (Fsp3) is 0.667. The summed E-state index contributed by atoms with van der Waals surface area (Å²) in [6.07, 6.45) is -0.0767. The van der Waals surface area contributed by atoms with E-state index >= 15 is 0 Å². The number of hydrogen-bond acceptors (Lipinski definition) is 10. The van der Waals surface area contributed by atoms with Gasteiger partial charge in [-0.3, -0.25) is 9.59 Å². The number of methoxy groups -OCH3 is 1. The van der Waals surface area contributed by atoms with Gasteiger partial charge in [-0.15, -0.1) is 0 Å². The van der Waals surface area contributed by atoms with E-state index in [-0.39, 0.29) is 48.0 Å². The van der Waals surface area contributed by atoms with E-state index in [0.29, 0.717) is 31.9 Å². The highest BCUT2D eigenvalue weighted by Crippen LogP contribution is 2.55. The number of carbonyl (C=O) groups is 3. The molecule has 0 aromatic carbocycles. The molecule has 174 valence electrons. The fourth-order valence-electron chi connectivity index (χ4n) is 5.40. The summed E-state index contributed by atoms with van der Waals surface area (Å²) in [5, 5.41) is 3.32. The van der Waals surface area contributed by atoms with Crippen LogP contribution in [0.25, 0.3) is 0 Å². The number of rotatable bonds is 7. The van der Waals surface area contributed by atoms with Crippen LogP contribution in [0.4, 0.5) is 4.79 Å². The Morgan fingerprint density at radius 2 is 2.03 bits per heavy atom. The largest absolute Gasteiger partial charge is 0.489 e. The van der Waals surface area contributed by atoms with Gasteiger partial charge < -0.3 is 39.6 Å². The van der Waals surface area contributed by atoms with E-state index in [9.17, 15) is 14.4 Å². The van der Waals surface area contributed by atoms with Gasteiger partial charge in [-0.2, -0.15) is 0 Å². The summed E-state index contributed by atoms with van der Waals surface area (Å²) >= 11 is 0. The van der Waals surface area contributed by atoms with Crippen molar-refractivity contribution in [1.82, 2.24) is 10.2 Å². The van der Waals surface area contributed by atoms with Crippen LogP contribution in [-0.4, -0.2) is 86.7 Å². The molecule has 4 aliphatic heterocycles. The molecule has 5 rings (SSSR count). The van der Waals surface area contributed by atoms with Gasteiger partial charge in [0.15, 0.2) is 17.8 Å². The van der Waals surface area contributed by atoms with Gasteiger partial charge in [-0.1, -0.05) is 0 Å². The zero-order valence-electron chi connectivity index (χ0n) is 18.0. The Morgan fingerprint density at radius 1 is 1.28 bits per heavy atom. The molecule has 4 heterocycles. The Hall–Kier alpha value is -2.47. The van der Waals surface area contributed by atoms with Gasteiger partial charge in [0.05, 0.1) is 37.5 Å². The number of nitrogens with zero attached hydrogens (tertiary/aromatic N) is 1. The molecule has 0 aromatic rings. The maximum atomic E-state index is 13.6. The topological polar surface area (TPSA) is 149 Å². The zero-order chi connectivity index (χ0) is 22.6. The molecule has 3 saturated heterocycles. The summed E-state index contributed by atoms with van der Waals surface area (Å²) in [7, 11) is 1.53. The predicted molar refractivity (Wildman–Crippen MR) is 107 cm³/mol. The number of piperazine rings is 1. The monoisotopic (exact) mass is 449 g/mol. The molecule has 32 heavy (non-hydrogen) atoms. The summed E-state index contributed by atoms with van der Waals surface area (Å²) in [6, 6.07) is 0.0471. The highest BCUT2D eigenvalue weighted by molar-refractivity contribution is 6.25. The Kier molecular flexibility index (Phi) is 5.24. The first-order valence-electron chi connectivity index (χ1n) is 10.8. The number of Topliss-reactive ketones (excluding diaryl/α,β-unsaturated/α-hetero) is 2. The second kappa shape index (κ2) is 7.84. The molecule has 0 radical (unpaired) electrons. The van der Waals surface area contributed by atoms with E-state index < -0.39 is 29.8 Å². The summed E-state index contributed by atoms with van der Waals surface area (Å²) in [6.45, 7) is 3.32. The number of carbonyl (C=O) groups excluding carboxylic acids is 3. The first-order valence-corrected chi connectivity index (χ1v) is 10.8. The molecule has 0 saturated carbocycles. The van der Waals surface area contributed by atoms with Crippen molar-refractivity contribution >= 4 is 17.7 Å². The van der Waals surface area contributed by atoms with Crippen LogP contribution in [-0.2, 0) is 33.3 Å². The van der Waals surface area contributed by atoms with Gasteiger partial charge >= 0.3 is 6.09 Å². The number of hydrogen-bond donors (Lipinski definition) is 2. The Bertz CT molecular complexity index is 924. The van der Waals surface area contributed by atoms with E-state index in [1.165, 1.54) is 7.11 Å². The lowest BCUT2D eigenvalue weighted by Gasteiger charge is -2.39. The van der Waals surface area contributed by atoms with Crippen LogP contribution in [0, 0.1) is 5.92 Å². The SMILES string of the molecule is CO[C@@]12C(COC(N)=O)C3=C(C(=O)C(C)=C(OCCC4OCCCO4)C3=O)N1CC1NC12. The van der Waals surface area contributed by atoms with Crippen molar-refractivity contribution in [1.29, 1.82) is 0 Å². The van der Waals surface area contributed by atoms with Gasteiger partial charge in [0.25, 0.3) is 0 Å². The Labute approximate surface area is 184 Å². The Balaban J connectivity index is 1.41. The second-order valence-corrected chi connectivity index (χ2v) is 8.54. The number of ether oxygens (including phenoxy) is 5. The third-order valence-corrected chi connectivity index (χ3v) is 6.87. The van der Waals surface area contributed by atoms with Crippen molar-refractivity contribution in [2.45, 2.75) is 43.9 Å². The molecule has 0 aromatic heterocycles. The van der Waals surface area contributed by atoms with Crippen molar-refractivity contribution in [3.8, 4) is 0 Å². The first kappa shape index (κ1) is 21.4. The van der Waals surface area contributed by atoms with Crippen LogP contribution in [0.1, 0.15) is 19.8 Å². The van der Waals surface area contributed by atoms with E-state index in [1.54, 1.807) is 6.92 Å². The number of amides is 1. The number of nitrogens with two attached hydrogens (primary N) is 1. The van der Waals surface area contributed by atoms with E-state index in [0.717, 1.165) is 6.42 Å². The third kappa shape index (κ3) is 3.06. The molecule has 0 bridgehead atoms. The van der Waals surface area contributed by atoms with Gasteiger partial charge in [0.1, 0.15) is 6.61 Å². The summed E-state index contributed by atoms with van der Waals surface area (Å²) in [5.74, 6) is -1.37. The number of fused-ring (bicyclic) bond motifs is 4. The van der Waals surface area contributed by atoms with Crippen LogP contribution >= 0.6 is 0 Å². The number of allylic oxidation sites excluding steroid dienone is 2. The van der Waals surface area contributed by atoms with Crippen LogP contribution in [0.5, 0.6) is 0 Å². The smallest absolute Gasteiger partial charge is 0.404 e. The summed E-state index contributed by atoms with van der Waals surface area (Å²) in [5.41, 5.74) is 4.98. The lowest BCUT2D eigenvalue weighted by molar-refractivity contribution is -0.185. The summed E-state index contributed by atoms with van der Waals surface area (Å²) < 4.78 is 27.8. The quantitative estimate of drug-likeness (QED) is 0.387. The third-order valence-electron chi connectivity index (χ3n) is 6.87. The van der Waals surface area contributed by atoms with Crippen LogP contribution < -0.4 is 11.1 Å². The molecule has 11 heteroatoms. The average molecular weight is 449 g/mol. The van der Waals surface area contributed by atoms with Gasteiger partial charge in [0.2, 0.25) is 11.6 Å². The maximum absolute atomic E-state index is 13.6. The van der Waals surface area contributed by atoms with Crippen molar-refractivity contribution in [3.05, 3.63) is 22.6 Å². The fourth-order valence-corrected chi connectivity index (χ4v) is 5.40. The average Bonchev–Trinajstić information content (AvgIpc) is 3.40. The molecule has 11 nitrogen and oxygen atoms in total. The van der Waals surface area contributed by atoms with Crippen molar-refractivity contribution in [3.63, 3.8) is 0 Å². The molecule has 0 spiro atoms. The molecule has 3 N–H and O–H groups in total. The lowest BCUT2D eigenvalue weighted by Crippen LogP contribution is -2.55. The molecule has 3 fully saturated rings. The normalized spacial score (nSPS) is 33.9. The van der Waals surface area contributed by atoms with Gasteiger partial charge in [0, 0.05) is 37.3 Å². The zero-order valence-corrected chi connectivity index (χ0v) is 18.0. The lowest BCUT2D eigenvalue weighted by atomic mass is 9.83. The van der Waals surface area contributed by atoms with Crippen molar-refractivity contribution < 1.29 is 38.1 Å². The standard InChI is InChI=1S/C21H27N3O8/c1-10-16(25)15-14(17(26)18(10)31-7-4-13-29-5-3-6-30-13)11(9-32-20(22)27)21(28-2)19-12(23-19)8-24(15)21/h11-13,19,23H,3-9H2,1-2H3,(H2,22,27)/t11?,12?,19?,21-/m1/s1. The van der Waals surface area contributed by atoms with Crippen LogP contribution in [0.15, 0.2) is 22.6 Å². The van der Waals surface area contributed by atoms with Crippen LogP contribution in [0.2, 0.25) is 0 Å². The predicted octanol–water partition coefficient (Wildman–Crippen LogP) is -0.440. The number of nitrogens with one attached hydrogen (secondary N) is 1. The van der Waals surface area contributed by atoms with E-state index in [1.807, 2.05) is 4.90 Å². The van der Waals surface area contributed by atoms with Gasteiger partial charge in [-0.25, -0.2) is 4.79 Å². The van der Waals surface area contributed by atoms with Crippen LogP contribution in [0.3, 0.4) is 0 Å². The minimum atomic E-state index is -1.00. The molecule has 3 unspecified atom stereocenters. The molecule has 5 aliphatic rings. The number of primary amides is 1. The molecule has 1 amide bonds. The highest BCUT2D eigenvalue weighted by Gasteiger charge is 2.72. The highest BCUT2D eigenvalue weighted by atomic mass is 16.7. The Morgan fingerprint density at radius 3 is 2.72 bits per heavy atom. The minimum absolute atomic E-state index is 0.00127. The molecular formula is C21H27N3O8. The van der Waals surface area contributed by atoms with E-state index in [2.05, 4.69) is 5.32 Å². The maximum Gasteiger partial charge on any atom is 0.404 e. The number of ketones is 2. The molecule has 4 atom stereocenters. The van der Waals surface area contributed by atoms with Crippen molar-refractivity contribution in [2.75, 3.05) is 40.1 Å². The molecular weight excluding hydrogens is 422 g/mol. The first-order chi connectivity index (χ1) is 15.4. The summed E-state index contributed by atoms with van der Waals surface area (Å²) in [4.78, 5) is 40.2.